The molecule has 0 spiro atoms. The summed E-state index contributed by atoms with van der Waals surface area (Å²) in [6.07, 6.45) is 16.7. The van der Waals surface area contributed by atoms with Gasteiger partial charge in [0.25, 0.3) is 0 Å². The first-order chi connectivity index (χ1) is 37.5. The lowest BCUT2D eigenvalue weighted by Crippen LogP contribution is -2.61. The second-order valence-corrected chi connectivity index (χ2v) is 27.9. The number of aromatic nitrogens is 1. The van der Waals surface area contributed by atoms with Crippen molar-refractivity contribution in [1.29, 1.82) is 0 Å². The van der Waals surface area contributed by atoms with Gasteiger partial charge in [-0.05, 0) is 236 Å². The van der Waals surface area contributed by atoms with E-state index in [-0.39, 0.29) is 28.5 Å². The van der Waals surface area contributed by atoms with Crippen LogP contribution >= 0.6 is 0 Å². The molecule has 2 aliphatic heterocycles. The summed E-state index contributed by atoms with van der Waals surface area (Å²) in [6, 6.07) is 61.2. The largest absolute Gasteiger partial charge is 0.376 e. The Kier molecular flexibility index (Phi) is 8.63. The third-order valence-corrected chi connectivity index (χ3v) is 23.2. The minimum Gasteiger partial charge on any atom is -0.376 e. The molecule has 378 valence electrons. The summed E-state index contributed by atoms with van der Waals surface area (Å²) < 4.78 is 2.88. The lowest BCUT2D eigenvalue weighted by Gasteiger charge is -2.57. The van der Waals surface area contributed by atoms with Gasteiger partial charge < -0.3 is 9.38 Å². The zero-order valence-electron chi connectivity index (χ0n) is 45.8. The van der Waals surface area contributed by atoms with E-state index in [1.165, 1.54) is 194 Å². The van der Waals surface area contributed by atoms with Crippen LogP contribution in [-0.2, 0) is 21.7 Å². The lowest BCUT2D eigenvalue weighted by atomic mass is 9.42. The predicted molar refractivity (Wildman–Crippen MR) is 322 cm³/mol. The molecule has 6 saturated carbocycles. The molecule has 0 N–H and O–H groups in total. The van der Waals surface area contributed by atoms with E-state index in [2.05, 4.69) is 196 Å². The minimum absolute atomic E-state index is 0.0478. The van der Waals surface area contributed by atoms with Gasteiger partial charge in [0.15, 0.2) is 0 Å². The van der Waals surface area contributed by atoms with Gasteiger partial charge in [0.05, 0.1) is 11.0 Å². The first kappa shape index (κ1) is 44.4. The Hall–Kier alpha value is -6.58. The zero-order valence-corrected chi connectivity index (χ0v) is 45.8. The fourth-order valence-electron chi connectivity index (χ4n) is 20.3. The molecule has 3 heterocycles. The van der Waals surface area contributed by atoms with Crippen molar-refractivity contribution >= 4 is 51.0 Å². The molecule has 0 saturated heterocycles. The molecule has 9 aromatic rings. The smallest absolute Gasteiger partial charge is 0.333 e. The molecule has 10 aliphatic rings. The van der Waals surface area contributed by atoms with Crippen molar-refractivity contribution in [1.82, 2.24) is 4.57 Å². The molecule has 8 aromatic carbocycles. The van der Waals surface area contributed by atoms with Crippen LogP contribution in [0.25, 0.3) is 72.0 Å². The third-order valence-electron chi connectivity index (χ3n) is 23.2. The molecule has 6 bridgehead atoms. The van der Waals surface area contributed by atoms with E-state index < -0.39 is 0 Å². The van der Waals surface area contributed by atoms with Crippen LogP contribution in [0.5, 0.6) is 0 Å². The average Bonchev–Trinajstić information content (AvgIpc) is 4.35. The second-order valence-electron chi connectivity index (χ2n) is 27.9. The van der Waals surface area contributed by atoms with Gasteiger partial charge in [0.2, 0.25) is 0 Å². The number of benzene rings is 8. The first-order valence-electron chi connectivity index (χ1n) is 30.2. The molecule has 19 rings (SSSR count). The van der Waals surface area contributed by atoms with Crippen molar-refractivity contribution in [2.24, 2.45) is 29.6 Å². The van der Waals surface area contributed by atoms with E-state index >= 15 is 0 Å². The number of hydrogen-bond donors (Lipinski definition) is 0. The summed E-state index contributed by atoms with van der Waals surface area (Å²) in [5, 5.41) is 2.99. The normalized spacial score (nSPS) is 27.4. The van der Waals surface area contributed by atoms with Crippen LogP contribution in [0.15, 0.2) is 152 Å². The fraction of sp³-hybridized carbons (Fsp3) is 0.351. The highest BCUT2D eigenvalue weighted by molar-refractivity contribution is 6.93. The molecular weight excluding hydrogens is 928 g/mol. The van der Waals surface area contributed by atoms with Crippen LogP contribution in [0, 0.1) is 29.6 Å². The molecule has 3 heteroatoms. The Labute approximate surface area is 456 Å². The van der Waals surface area contributed by atoms with Crippen molar-refractivity contribution in [2.45, 2.75) is 133 Å². The molecule has 0 radical (unpaired) electrons. The van der Waals surface area contributed by atoms with Gasteiger partial charge in [-0.25, -0.2) is 0 Å². The number of hydrogen-bond acceptors (Lipinski definition) is 1. The minimum atomic E-state index is -0.225. The second kappa shape index (κ2) is 15.0. The van der Waals surface area contributed by atoms with Gasteiger partial charge in [-0.1, -0.05) is 151 Å². The SMILES string of the molecule is CCC1(c2ccc3c(c2)c2cc(C45CC6CC(CC(C6)C4)C5)cc4c2n3-c2c3c(cc5c2C(C)(C)c2ccccc2-5)-c2cc5c(cc2N(c2ccc(-c6ccccc6)cc2)B34)C(C)(C)c2ccccc2-5)CC2CCC(C2)C1. The summed E-state index contributed by atoms with van der Waals surface area (Å²) in [5.41, 5.74) is 29.9. The van der Waals surface area contributed by atoms with Gasteiger partial charge in [0, 0.05) is 44.2 Å². The Morgan fingerprint density at radius 2 is 1.10 bits per heavy atom. The maximum absolute atomic E-state index is 2.88. The van der Waals surface area contributed by atoms with Gasteiger partial charge in [-0.2, -0.15) is 0 Å². The van der Waals surface area contributed by atoms with Gasteiger partial charge in [-0.15, -0.1) is 0 Å². The molecule has 2 nitrogen and oxygen atoms in total. The van der Waals surface area contributed by atoms with Crippen LogP contribution in [0.2, 0.25) is 0 Å². The predicted octanol–water partition coefficient (Wildman–Crippen LogP) is 17.6. The summed E-state index contributed by atoms with van der Waals surface area (Å²) in [5.74, 6) is 4.33. The number of fused-ring (bicyclic) bond motifs is 16. The molecular formula is C74H69BN2. The van der Waals surface area contributed by atoms with Crippen LogP contribution in [0.3, 0.4) is 0 Å². The molecule has 77 heavy (non-hydrogen) atoms. The Balaban J connectivity index is 0.991. The fourth-order valence-corrected chi connectivity index (χ4v) is 20.3. The third kappa shape index (κ3) is 5.69. The number of nitrogens with zero attached hydrogens (tertiary/aromatic N) is 2. The lowest BCUT2D eigenvalue weighted by molar-refractivity contribution is -0.00509. The molecule has 6 fully saturated rings. The quantitative estimate of drug-likeness (QED) is 0.156. The van der Waals surface area contributed by atoms with Crippen molar-refractivity contribution < 1.29 is 0 Å². The number of anilines is 2. The van der Waals surface area contributed by atoms with Crippen LogP contribution in [-0.4, -0.2) is 11.4 Å². The van der Waals surface area contributed by atoms with Crippen LogP contribution < -0.4 is 15.7 Å². The Bertz CT molecular complexity index is 4020. The van der Waals surface area contributed by atoms with E-state index in [4.69, 9.17) is 0 Å². The van der Waals surface area contributed by atoms with E-state index in [0.717, 1.165) is 29.6 Å². The molecule has 1 aromatic heterocycles. The Morgan fingerprint density at radius 1 is 0.494 bits per heavy atom. The van der Waals surface area contributed by atoms with E-state index in [1.54, 1.807) is 11.1 Å². The summed E-state index contributed by atoms with van der Waals surface area (Å²) >= 11 is 0. The molecule has 8 aliphatic carbocycles. The molecule has 2 unspecified atom stereocenters. The maximum Gasteiger partial charge on any atom is 0.333 e. The summed E-state index contributed by atoms with van der Waals surface area (Å²) in [6.45, 7) is 12.5. The monoisotopic (exact) mass is 997 g/mol. The summed E-state index contributed by atoms with van der Waals surface area (Å²) in [7, 11) is 0. The Morgan fingerprint density at radius 3 is 1.81 bits per heavy atom. The molecule has 0 amide bonds. The maximum atomic E-state index is 2.88. The van der Waals surface area contributed by atoms with E-state index in [1.807, 2.05) is 0 Å². The highest BCUT2D eigenvalue weighted by Gasteiger charge is 2.55. The van der Waals surface area contributed by atoms with Gasteiger partial charge in [-0.3, -0.25) is 0 Å². The van der Waals surface area contributed by atoms with E-state index in [9.17, 15) is 0 Å². The molecule has 2 atom stereocenters. The average molecular weight is 997 g/mol. The van der Waals surface area contributed by atoms with Gasteiger partial charge in [0.1, 0.15) is 0 Å². The van der Waals surface area contributed by atoms with Crippen LogP contribution in [0.1, 0.15) is 145 Å². The highest BCUT2D eigenvalue weighted by atomic mass is 15.1. The van der Waals surface area contributed by atoms with Crippen molar-refractivity contribution in [3.63, 3.8) is 0 Å². The van der Waals surface area contributed by atoms with Crippen molar-refractivity contribution in [3.8, 4) is 50.2 Å². The number of rotatable bonds is 5. The van der Waals surface area contributed by atoms with Gasteiger partial charge >= 0.3 is 6.85 Å². The first-order valence-corrected chi connectivity index (χ1v) is 30.2. The van der Waals surface area contributed by atoms with Crippen molar-refractivity contribution in [3.05, 3.63) is 185 Å². The van der Waals surface area contributed by atoms with Crippen molar-refractivity contribution in [2.75, 3.05) is 4.81 Å². The highest BCUT2D eigenvalue weighted by Crippen LogP contribution is 2.63. The topological polar surface area (TPSA) is 8.17 Å². The standard InChI is InChI=1S/C74H69BN2/c1-6-73(38-43-20-21-44(28-43)39-73)50-24-27-65-56(32-50)60-33-51(74-40-45-29-46(41-74)31-47(30-45)42-74)34-64-69(60)76(65)70-67-58(54-17-11-13-19-62(54)72(67,4)5)36-59-57-35-55-53-16-10-12-18-61(53)71(2,3)63(55)37-66(57)77(75(64)68(59)70)52-25-22-49(23-26-52)48-14-8-7-9-15-48/h7-19,22-27,32-37,43-47H,6,20-21,28-31,38-42H2,1-5H3. The van der Waals surface area contributed by atoms with Crippen LogP contribution in [0.4, 0.5) is 11.4 Å². The zero-order chi connectivity index (χ0) is 51.1. The summed E-state index contributed by atoms with van der Waals surface area (Å²) in [4.78, 5) is 2.87. The van der Waals surface area contributed by atoms with E-state index in [0.29, 0.717) is 0 Å².